The average Bonchev–Trinajstić information content (AvgIpc) is 2.59. The summed E-state index contributed by atoms with van der Waals surface area (Å²) in [6.45, 7) is 7.57. The van der Waals surface area contributed by atoms with Crippen LogP contribution in [0.3, 0.4) is 0 Å². The second-order valence-electron chi connectivity index (χ2n) is 5.03. The van der Waals surface area contributed by atoms with Gasteiger partial charge in [0.15, 0.2) is 0 Å². The third-order valence-electron chi connectivity index (χ3n) is 3.82. The summed E-state index contributed by atoms with van der Waals surface area (Å²) in [5.41, 5.74) is 0. The van der Waals surface area contributed by atoms with Crippen LogP contribution in [-0.4, -0.2) is 62.2 Å². The smallest absolute Gasteiger partial charge is 0.0112 e. The lowest BCUT2D eigenvalue weighted by Gasteiger charge is -2.29. The number of rotatable bonds is 1. The first-order valence-corrected chi connectivity index (χ1v) is 6.49. The normalized spacial score (nSPS) is 32.2. The van der Waals surface area contributed by atoms with Gasteiger partial charge in [0.2, 0.25) is 0 Å². The number of hydrogen-bond acceptors (Lipinski definition) is 3. The summed E-state index contributed by atoms with van der Waals surface area (Å²) >= 11 is 0. The second kappa shape index (κ2) is 5.83. The average molecular weight is 211 g/mol. The van der Waals surface area contributed by atoms with E-state index >= 15 is 0 Å². The van der Waals surface area contributed by atoms with Crippen molar-refractivity contribution in [1.82, 2.24) is 15.1 Å². The lowest BCUT2D eigenvalue weighted by Crippen LogP contribution is -2.38. The molecule has 2 saturated heterocycles. The van der Waals surface area contributed by atoms with E-state index in [2.05, 4.69) is 22.2 Å². The molecule has 15 heavy (non-hydrogen) atoms. The Labute approximate surface area is 93.8 Å². The maximum atomic E-state index is 3.50. The predicted molar refractivity (Wildman–Crippen MR) is 64.2 cm³/mol. The highest BCUT2D eigenvalue weighted by Gasteiger charge is 2.21. The zero-order valence-corrected chi connectivity index (χ0v) is 10.0. The first kappa shape index (κ1) is 11.4. The summed E-state index contributed by atoms with van der Waals surface area (Å²) in [6.07, 6.45) is 5.46. The van der Waals surface area contributed by atoms with Crippen molar-refractivity contribution in [2.75, 3.05) is 46.3 Å². The lowest BCUT2D eigenvalue weighted by atomic mass is 10.1. The fourth-order valence-corrected chi connectivity index (χ4v) is 2.80. The molecule has 0 saturated carbocycles. The number of likely N-dealkylation sites (N-methyl/N-ethyl adjacent to an activating group) is 1. The SMILES string of the molecule is CN1CCCN(C2CCCNCC2)CC1. The van der Waals surface area contributed by atoms with E-state index in [1.54, 1.807) is 0 Å². The quantitative estimate of drug-likeness (QED) is 0.691. The molecule has 2 heterocycles. The van der Waals surface area contributed by atoms with Crippen LogP contribution in [0.1, 0.15) is 25.7 Å². The van der Waals surface area contributed by atoms with Gasteiger partial charge in [0, 0.05) is 19.1 Å². The number of hydrogen-bond donors (Lipinski definition) is 1. The maximum Gasteiger partial charge on any atom is 0.0112 e. The van der Waals surface area contributed by atoms with Crippen LogP contribution in [0.15, 0.2) is 0 Å². The van der Waals surface area contributed by atoms with E-state index < -0.39 is 0 Å². The number of nitrogens with one attached hydrogen (secondary N) is 1. The van der Waals surface area contributed by atoms with Crippen molar-refractivity contribution in [3.8, 4) is 0 Å². The Balaban J connectivity index is 1.84. The summed E-state index contributed by atoms with van der Waals surface area (Å²) in [5.74, 6) is 0. The van der Waals surface area contributed by atoms with Gasteiger partial charge >= 0.3 is 0 Å². The predicted octanol–water partition coefficient (Wildman–Crippen LogP) is 0.766. The minimum absolute atomic E-state index is 0.853. The van der Waals surface area contributed by atoms with Gasteiger partial charge in [-0.2, -0.15) is 0 Å². The Morgan fingerprint density at radius 1 is 0.933 bits per heavy atom. The first-order chi connectivity index (χ1) is 7.36. The molecule has 3 nitrogen and oxygen atoms in total. The van der Waals surface area contributed by atoms with Crippen molar-refractivity contribution < 1.29 is 0 Å². The van der Waals surface area contributed by atoms with Crippen molar-refractivity contribution in [1.29, 1.82) is 0 Å². The van der Waals surface area contributed by atoms with Gasteiger partial charge in [0.25, 0.3) is 0 Å². The molecule has 3 heteroatoms. The topological polar surface area (TPSA) is 18.5 Å². The summed E-state index contributed by atoms with van der Waals surface area (Å²) in [7, 11) is 2.25. The Morgan fingerprint density at radius 2 is 1.87 bits per heavy atom. The highest BCUT2D eigenvalue weighted by atomic mass is 15.2. The third-order valence-corrected chi connectivity index (χ3v) is 3.82. The van der Waals surface area contributed by atoms with Crippen molar-refractivity contribution in [2.24, 2.45) is 0 Å². The molecule has 0 aliphatic carbocycles. The fraction of sp³-hybridized carbons (Fsp3) is 1.00. The molecular weight excluding hydrogens is 186 g/mol. The van der Waals surface area contributed by atoms with Crippen LogP contribution in [-0.2, 0) is 0 Å². The highest BCUT2D eigenvalue weighted by Crippen LogP contribution is 2.15. The third kappa shape index (κ3) is 3.44. The lowest BCUT2D eigenvalue weighted by molar-refractivity contribution is 0.188. The summed E-state index contributed by atoms with van der Waals surface area (Å²) in [6, 6.07) is 0.853. The zero-order chi connectivity index (χ0) is 10.5. The molecule has 2 rings (SSSR count). The molecule has 2 aliphatic rings. The van der Waals surface area contributed by atoms with E-state index in [9.17, 15) is 0 Å². The molecule has 2 aliphatic heterocycles. The molecule has 1 N–H and O–H groups in total. The molecular formula is C12H25N3. The molecule has 1 unspecified atom stereocenters. The fourth-order valence-electron chi connectivity index (χ4n) is 2.80. The van der Waals surface area contributed by atoms with Crippen LogP contribution in [0.5, 0.6) is 0 Å². The zero-order valence-electron chi connectivity index (χ0n) is 10.0. The first-order valence-electron chi connectivity index (χ1n) is 6.49. The van der Waals surface area contributed by atoms with Crippen LogP contribution in [0.4, 0.5) is 0 Å². The van der Waals surface area contributed by atoms with Crippen molar-refractivity contribution in [3.05, 3.63) is 0 Å². The monoisotopic (exact) mass is 211 g/mol. The summed E-state index contributed by atoms with van der Waals surface area (Å²) in [4.78, 5) is 5.20. The van der Waals surface area contributed by atoms with Gasteiger partial charge in [0.1, 0.15) is 0 Å². The largest absolute Gasteiger partial charge is 0.317 e. The van der Waals surface area contributed by atoms with Gasteiger partial charge in [0.05, 0.1) is 0 Å². The Kier molecular flexibility index (Phi) is 4.42. The van der Waals surface area contributed by atoms with Gasteiger partial charge in [-0.1, -0.05) is 0 Å². The Hall–Kier alpha value is -0.120. The van der Waals surface area contributed by atoms with Crippen LogP contribution in [0.25, 0.3) is 0 Å². The molecule has 0 aromatic carbocycles. The maximum absolute atomic E-state index is 3.50. The van der Waals surface area contributed by atoms with E-state index in [0.29, 0.717) is 0 Å². The molecule has 0 bridgehead atoms. The van der Waals surface area contributed by atoms with Gasteiger partial charge in [-0.25, -0.2) is 0 Å². The molecule has 0 aromatic heterocycles. The van der Waals surface area contributed by atoms with Gasteiger partial charge in [-0.15, -0.1) is 0 Å². The van der Waals surface area contributed by atoms with Gasteiger partial charge in [-0.05, 0) is 58.9 Å². The second-order valence-corrected chi connectivity index (χ2v) is 5.03. The van der Waals surface area contributed by atoms with E-state index in [-0.39, 0.29) is 0 Å². The van der Waals surface area contributed by atoms with E-state index in [0.717, 1.165) is 6.04 Å². The molecule has 0 amide bonds. The minimum atomic E-state index is 0.853. The molecule has 0 radical (unpaired) electrons. The molecule has 0 aromatic rings. The molecule has 2 fully saturated rings. The standard InChI is InChI=1S/C12H25N3/c1-14-8-3-9-15(11-10-14)12-4-2-6-13-7-5-12/h12-13H,2-11H2,1H3. The van der Waals surface area contributed by atoms with Gasteiger partial charge < -0.3 is 10.2 Å². The van der Waals surface area contributed by atoms with Crippen LogP contribution in [0, 0.1) is 0 Å². The molecule has 0 spiro atoms. The van der Waals surface area contributed by atoms with Crippen molar-refractivity contribution in [3.63, 3.8) is 0 Å². The number of nitrogens with zero attached hydrogens (tertiary/aromatic N) is 2. The summed E-state index contributed by atoms with van der Waals surface area (Å²) < 4.78 is 0. The van der Waals surface area contributed by atoms with Crippen LogP contribution < -0.4 is 5.32 Å². The minimum Gasteiger partial charge on any atom is -0.317 e. The van der Waals surface area contributed by atoms with Crippen molar-refractivity contribution in [2.45, 2.75) is 31.7 Å². The van der Waals surface area contributed by atoms with Crippen molar-refractivity contribution >= 4 is 0 Å². The van der Waals surface area contributed by atoms with Crippen LogP contribution in [0.2, 0.25) is 0 Å². The highest BCUT2D eigenvalue weighted by molar-refractivity contribution is 4.78. The van der Waals surface area contributed by atoms with Gasteiger partial charge in [-0.3, -0.25) is 4.90 Å². The Morgan fingerprint density at radius 3 is 2.80 bits per heavy atom. The Bertz CT molecular complexity index is 176. The van der Waals surface area contributed by atoms with E-state index in [1.807, 2.05) is 0 Å². The van der Waals surface area contributed by atoms with E-state index in [4.69, 9.17) is 0 Å². The summed E-state index contributed by atoms with van der Waals surface area (Å²) in [5, 5.41) is 3.50. The van der Waals surface area contributed by atoms with E-state index in [1.165, 1.54) is 65.0 Å². The molecule has 1 atom stereocenters. The van der Waals surface area contributed by atoms with Crippen LogP contribution >= 0.6 is 0 Å². The molecule has 88 valence electrons.